The minimum absolute atomic E-state index is 0.113. The molecule has 2 amide bonds. The molecule has 0 aromatic heterocycles. The standard InChI is InChI=1S/C23H32N2O4/c1-28-21-22(27)25(23(21)12-16-29-17-13-23)19-10-14-24(15-11-19)20(26)9-5-8-18-6-3-2-4-7-18/h2-4,6-7,19,21H,5,8-17H2,1H3. The van der Waals surface area contributed by atoms with Gasteiger partial charge in [-0.15, -0.1) is 0 Å². The van der Waals surface area contributed by atoms with Gasteiger partial charge < -0.3 is 19.3 Å². The zero-order chi connectivity index (χ0) is 20.3. The van der Waals surface area contributed by atoms with E-state index in [-0.39, 0.29) is 29.5 Å². The van der Waals surface area contributed by atoms with Crippen molar-refractivity contribution >= 4 is 11.8 Å². The molecule has 3 saturated heterocycles. The van der Waals surface area contributed by atoms with Gasteiger partial charge in [0.25, 0.3) is 5.91 Å². The molecule has 0 saturated carbocycles. The lowest BCUT2D eigenvalue weighted by Crippen LogP contribution is -2.79. The molecule has 158 valence electrons. The van der Waals surface area contributed by atoms with Crippen LogP contribution >= 0.6 is 0 Å². The van der Waals surface area contributed by atoms with Crippen molar-refractivity contribution in [2.24, 2.45) is 0 Å². The summed E-state index contributed by atoms with van der Waals surface area (Å²) >= 11 is 0. The van der Waals surface area contributed by atoms with E-state index in [0.717, 1.165) is 51.6 Å². The van der Waals surface area contributed by atoms with Gasteiger partial charge in [-0.25, -0.2) is 0 Å². The van der Waals surface area contributed by atoms with Crippen molar-refractivity contribution in [3.05, 3.63) is 35.9 Å². The summed E-state index contributed by atoms with van der Waals surface area (Å²) in [5.74, 6) is 0.354. The van der Waals surface area contributed by atoms with Crippen LogP contribution in [0.15, 0.2) is 30.3 Å². The second kappa shape index (κ2) is 8.84. The number of hydrogen-bond donors (Lipinski definition) is 0. The smallest absolute Gasteiger partial charge is 0.254 e. The summed E-state index contributed by atoms with van der Waals surface area (Å²) in [7, 11) is 1.63. The maximum Gasteiger partial charge on any atom is 0.254 e. The minimum Gasteiger partial charge on any atom is -0.381 e. The van der Waals surface area contributed by atoms with E-state index in [0.29, 0.717) is 19.6 Å². The van der Waals surface area contributed by atoms with E-state index in [2.05, 4.69) is 17.0 Å². The highest BCUT2D eigenvalue weighted by Gasteiger charge is 2.62. The fourth-order valence-corrected chi connectivity index (χ4v) is 5.35. The number of methoxy groups -OCH3 is 1. The zero-order valence-electron chi connectivity index (χ0n) is 17.3. The quantitative estimate of drug-likeness (QED) is 0.688. The molecular weight excluding hydrogens is 368 g/mol. The van der Waals surface area contributed by atoms with Crippen molar-refractivity contribution in [2.45, 2.75) is 62.6 Å². The van der Waals surface area contributed by atoms with Crippen molar-refractivity contribution < 1.29 is 19.1 Å². The van der Waals surface area contributed by atoms with Crippen LogP contribution < -0.4 is 0 Å². The molecule has 1 spiro atoms. The Bertz CT molecular complexity index is 709. The van der Waals surface area contributed by atoms with Gasteiger partial charge >= 0.3 is 0 Å². The molecule has 6 nitrogen and oxygen atoms in total. The van der Waals surface area contributed by atoms with Crippen molar-refractivity contribution in [1.29, 1.82) is 0 Å². The molecule has 3 aliphatic heterocycles. The van der Waals surface area contributed by atoms with E-state index in [1.807, 2.05) is 23.1 Å². The van der Waals surface area contributed by atoms with Crippen LogP contribution in [0.3, 0.4) is 0 Å². The summed E-state index contributed by atoms with van der Waals surface area (Å²) in [4.78, 5) is 29.4. The SMILES string of the molecule is COC1C(=O)N(C2CCN(C(=O)CCCc3ccccc3)CC2)C12CCOCC2. The number of carbonyl (C=O) groups excluding carboxylic acids is 2. The van der Waals surface area contributed by atoms with Gasteiger partial charge in [-0.2, -0.15) is 0 Å². The first-order valence-electron chi connectivity index (χ1n) is 10.9. The molecule has 29 heavy (non-hydrogen) atoms. The lowest BCUT2D eigenvalue weighted by molar-refractivity contribution is -0.213. The third-order valence-electron chi connectivity index (χ3n) is 6.91. The van der Waals surface area contributed by atoms with Gasteiger partial charge in [0.1, 0.15) is 0 Å². The number of amides is 2. The highest BCUT2D eigenvalue weighted by Crippen LogP contribution is 2.45. The molecule has 1 atom stereocenters. The van der Waals surface area contributed by atoms with E-state index in [1.54, 1.807) is 7.11 Å². The maximum atomic E-state index is 12.7. The van der Waals surface area contributed by atoms with Crippen molar-refractivity contribution in [2.75, 3.05) is 33.4 Å². The fourth-order valence-electron chi connectivity index (χ4n) is 5.35. The summed E-state index contributed by atoms with van der Waals surface area (Å²) in [6.45, 7) is 2.84. The Kier molecular flexibility index (Phi) is 6.20. The van der Waals surface area contributed by atoms with Gasteiger partial charge in [0, 0.05) is 45.9 Å². The van der Waals surface area contributed by atoms with Crippen LogP contribution in [-0.4, -0.2) is 72.7 Å². The van der Waals surface area contributed by atoms with Gasteiger partial charge in [0.15, 0.2) is 6.10 Å². The van der Waals surface area contributed by atoms with E-state index in [9.17, 15) is 9.59 Å². The van der Waals surface area contributed by atoms with Gasteiger partial charge in [-0.3, -0.25) is 9.59 Å². The first-order valence-corrected chi connectivity index (χ1v) is 10.9. The maximum absolute atomic E-state index is 12.7. The number of hydrogen-bond acceptors (Lipinski definition) is 4. The Morgan fingerprint density at radius 3 is 2.52 bits per heavy atom. The zero-order valence-corrected chi connectivity index (χ0v) is 17.3. The summed E-state index contributed by atoms with van der Waals surface area (Å²) in [5.41, 5.74) is 1.08. The van der Waals surface area contributed by atoms with Crippen LogP contribution in [-0.2, 0) is 25.5 Å². The number of likely N-dealkylation sites (tertiary alicyclic amines) is 2. The molecule has 4 rings (SSSR count). The second-order valence-corrected chi connectivity index (χ2v) is 8.49. The molecular formula is C23H32N2O4. The highest BCUT2D eigenvalue weighted by molar-refractivity contribution is 5.91. The Morgan fingerprint density at radius 2 is 1.86 bits per heavy atom. The Balaban J connectivity index is 1.27. The second-order valence-electron chi connectivity index (χ2n) is 8.49. The average Bonchev–Trinajstić information content (AvgIpc) is 2.76. The molecule has 0 aliphatic carbocycles. The summed E-state index contributed by atoms with van der Waals surface area (Å²) in [6, 6.07) is 10.5. The molecule has 0 N–H and O–H groups in total. The molecule has 3 heterocycles. The lowest BCUT2D eigenvalue weighted by atomic mass is 9.72. The Hall–Kier alpha value is -1.92. The van der Waals surface area contributed by atoms with E-state index in [1.165, 1.54) is 5.56 Å². The van der Waals surface area contributed by atoms with Crippen LogP contribution in [0, 0.1) is 0 Å². The van der Waals surface area contributed by atoms with E-state index in [4.69, 9.17) is 9.47 Å². The fraction of sp³-hybridized carbons (Fsp3) is 0.652. The third kappa shape index (κ3) is 3.92. The number of rotatable bonds is 6. The topological polar surface area (TPSA) is 59.1 Å². The third-order valence-corrected chi connectivity index (χ3v) is 6.91. The normalized spacial score (nSPS) is 24.6. The van der Waals surface area contributed by atoms with Crippen LogP contribution in [0.25, 0.3) is 0 Å². The largest absolute Gasteiger partial charge is 0.381 e. The number of ether oxygens (including phenoxy) is 2. The summed E-state index contributed by atoms with van der Waals surface area (Å²) in [6.07, 6.45) is 5.48. The molecule has 1 unspecified atom stereocenters. The number of nitrogens with zero attached hydrogens (tertiary/aromatic N) is 2. The highest BCUT2D eigenvalue weighted by atomic mass is 16.5. The van der Waals surface area contributed by atoms with Crippen LogP contribution in [0.5, 0.6) is 0 Å². The molecule has 0 bridgehead atoms. The Labute approximate surface area is 173 Å². The number of piperidine rings is 1. The Morgan fingerprint density at radius 1 is 1.17 bits per heavy atom. The van der Waals surface area contributed by atoms with Gasteiger partial charge in [-0.05, 0) is 44.1 Å². The van der Waals surface area contributed by atoms with Gasteiger partial charge in [-0.1, -0.05) is 30.3 Å². The monoisotopic (exact) mass is 400 g/mol. The molecule has 3 aliphatic rings. The number of carbonyl (C=O) groups is 2. The van der Waals surface area contributed by atoms with E-state index < -0.39 is 0 Å². The van der Waals surface area contributed by atoms with Crippen LogP contribution in [0.4, 0.5) is 0 Å². The first kappa shape index (κ1) is 20.4. The lowest BCUT2D eigenvalue weighted by Gasteiger charge is -2.61. The van der Waals surface area contributed by atoms with Crippen molar-refractivity contribution in [1.82, 2.24) is 9.80 Å². The minimum atomic E-state index is -0.330. The summed E-state index contributed by atoms with van der Waals surface area (Å²) in [5, 5.41) is 0. The predicted octanol–water partition coefficient (Wildman–Crippen LogP) is 2.41. The van der Waals surface area contributed by atoms with Gasteiger partial charge in [0.2, 0.25) is 5.91 Å². The average molecular weight is 401 g/mol. The number of β-lactam (4-membered cyclic amide) rings is 1. The molecule has 3 fully saturated rings. The van der Waals surface area contributed by atoms with Crippen molar-refractivity contribution in [3.8, 4) is 0 Å². The predicted molar refractivity (Wildman–Crippen MR) is 109 cm³/mol. The number of aryl methyl sites for hydroxylation is 1. The molecule has 6 heteroatoms. The summed E-state index contributed by atoms with van der Waals surface area (Å²) < 4.78 is 11.1. The van der Waals surface area contributed by atoms with Gasteiger partial charge in [0.05, 0.1) is 5.54 Å². The van der Waals surface area contributed by atoms with E-state index >= 15 is 0 Å². The molecule has 1 aromatic carbocycles. The molecule has 0 radical (unpaired) electrons. The first-order chi connectivity index (χ1) is 14.2. The number of benzene rings is 1. The van der Waals surface area contributed by atoms with Crippen molar-refractivity contribution in [3.63, 3.8) is 0 Å². The molecule has 1 aromatic rings. The van der Waals surface area contributed by atoms with Crippen LogP contribution in [0.1, 0.15) is 44.1 Å². The van der Waals surface area contributed by atoms with Crippen LogP contribution in [0.2, 0.25) is 0 Å².